The minimum Gasteiger partial charge on any atom is -0.445 e. The number of hydrogen-bond donors (Lipinski definition) is 1. The van der Waals surface area contributed by atoms with Gasteiger partial charge in [0.2, 0.25) is 5.91 Å². The van der Waals surface area contributed by atoms with Crippen molar-refractivity contribution in [1.82, 2.24) is 10.2 Å². The smallest absolute Gasteiger partial charge is 0.410 e. The molecule has 1 saturated heterocycles. The Hall–Kier alpha value is -3.41. The Labute approximate surface area is 182 Å². The standard InChI is InChI=1S/C25H28N2O4/c28-18-23(13-7-12-20-8-3-1-4-9-20)26-24(29)22-14-16-27(17-15-22)25(30)31-19-21-10-5-2-6-11-21/h1-12,18,22-23H,13-17,19H2,(H,26,29)/t23-/m0/s1. The van der Waals surface area contributed by atoms with E-state index in [9.17, 15) is 14.4 Å². The first kappa shape index (κ1) is 22.3. The summed E-state index contributed by atoms with van der Waals surface area (Å²) in [6.45, 7) is 1.16. The molecule has 0 radical (unpaired) electrons. The van der Waals surface area contributed by atoms with E-state index in [1.807, 2.05) is 72.8 Å². The number of carbonyl (C=O) groups excluding carboxylic acids is 3. The molecule has 162 valence electrons. The maximum atomic E-state index is 12.6. The number of aldehydes is 1. The van der Waals surface area contributed by atoms with Crippen molar-refractivity contribution in [1.29, 1.82) is 0 Å². The molecule has 2 aromatic rings. The van der Waals surface area contributed by atoms with Gasteiger partial charge in [-0.05, 0) is 30.4 Å². The Morgan fingerprint density at radius 2 is 1.68 bits per heavy atom. The number of benzene rings is 2. The van der Waals surface area contributed by atoms with Crippen LogP contribution in [0.15, 0.2) is 66.7 Å². The first-order valence-electron chi connectivity index (χ1n) is 10.6. The van der Waals surface area contributed by atoms with Gasteiger partial charge in [0, 0.05) is 19.0 Å². The number of nitrogens with zero attached hydrogens (tertiary/aromatic N) is 1. The topological polar surface area (TPSA) is 75.7 Å². The fourth-order valence-electron chi connectivity index (χ4n) is 3.50. The number of likely N-dealkylation sites (tertiary alicyclic amines) is 1. The summed E-state index contributed by atoms with van der Waals surface area (Å²) in [6, 6.07) is 18.8. The van der Waals surface area contributed by atoms with Crippen molar-refractivity contribution in [2.24, 2.45) is 5.92 Å². The monoisotopic (exact) mass is 420 g/mol. The van der Waals surface area contributed by atoms with Crippen LogP contribution in [0.2, 0.25) is 0 Å². The van der Waals surface area contributed by atoms with Crippen LogP contribution in [-0.2, 0) is 20.9 Å². The van der Waals surface area contributed by atoms with Gasteiger partial charge < -0.3 is 19.7 Å². The van der Waals surface area contributed by atoms with E-state index in [0.29, 0.717) is 32.4 Å². The Kier molecular flexibility index (Phi) is 8.40. The summed E-state index contributed by atoms with van der Waals surface area (Å²) in [5.74, 6) is -0.346. The van der Waals surface area contributed by atoms with Crippen LogP contribution in [0.3, 0.4) is 0 Å². The second-order valence-electron chi connectivity index (χ2n) is 7.60. The molecule has 0 aromatic heterocycles. The molecule has 3 rings (SSSR count). The molecule has 31 heavy (non-hydrogen) atoms. The summed E-state index contributed by atoms with van der Waals surface area (Å²) in [6.07, 6.45) is 5.77. The number of amides is 2. The van der Waals surface area contributed by atoms with Crippen molar-refractivity contribution in [2.45, 2.75) is 31.9 Å². The minimum absolute atomic E-state index is 0.137. The van der Waals surface area contributed by atoms with Crippen molar-refractivity contribution >= 4 is 24.4 Å². The maximum absolute atomic E-state index is 12.6. The van der Waals surface area contributed by atoms with E-state index in [-0.39, 0.29) is 24.5 Å². The summed E-state index contributed by atoms with van der Waals surface area (Å²) < 4.78 is 5.36. The molecule has 6 heteroatoms. The summed E-state index contributed by atoms with van der Waals surface area (Å²) in [5, 5.41) is 2.82. The Morgan fingerprint density at radius 3 is 2.32 bits per heavy atom. The molecular weight excluding hydrogens is 392 g/mol. The fraction of sp³-hybridized carbons (Fsp3) is 0.320. The fourth-order valence-corrected chi connectivity index (χ4v) is 3.50. The normalized spacial score (nSPS) is 15.4. The van der Waals surface area contributed by atoms with Gasteiger partial charge in [-0.3, -0.25) is 4.79 Å². The molecule has 0 saturated carbocycles. The lowest BCUT2D eigenvalue weighted by molar-refractivity contribution is -0.128. The van der Waals surface area contributed by atoms with Crippen LogP contribution in [-0.4, -0.2) is 42.3 Å². The van der Waals surface area contributed by atoms with Gasteiger partial charge >= 0.3 is 6.09 Å². The summed E-state index contributed by atoms with van der Waals surface area (Å²) in [4.78, 5) is 37.8. The zero-order chi connectivity index (χ0) is 21.9. The highest BCUT2D eigenvalue weighted by Gasteiger charge is 2.28. The van der Waals surface area contributed by atoms with Gasteiger partial charge in [-0.15, -0.1) is 0 Å². The van der Waals surface area contributed by atoms with Crippen LogP contribution in [0.5, 0.6) is 0 Å². The van der Waals surface area contributed by atoms with Crippen LogP contribution in [0.4, 0.5) is 4.79 Å². The average Bonchev–Trinajstić information content (AvgIpc) is 2.83. The van der Waals surface area contributed by atoms with Crippen molar-refractivity contribution in [2.75, 3.05) is 13.1 Å². The third-order valence-electron chi connectivity index (χ3n) is 5.32. The highest BCUT2D eigenvalue weighted by Crippen LogP contribution is 2.19. The number of hydrogen-bond acceptors (Lipinski definition) is 4. The lowest BCUT2D eigenvalue weighted by Gasteiger charge is -2.31. The van der Waals surface area contributed by atoms with Gasteiger partial charge in [0.1, 0.15) is 12.9 Å². The summed E-state index contributed by atoms with van der Waals surface area (Å²) >= 11 is 0. The molecule has 2 amide bonds. The predicted molar refractivity (Wildman–Crippen MR) is 119 cm³/mol. The van der Waals surface area contributed by atoms with Crippen molar-refractivity contribution in [3.63, 3.8) is 0 Å². The largest absolute Gasteiger partial charge is 0.445 e. The van der Waals surface area contributed by atoms with Crippen LogP contribution >= 0.6 is 0 Å². The minimum atomic E-state index is -0.554. The highest BCUT2D eigenvalue weighted by atomic mass is 16.6. The Balaban J connectivity index is 1.40. The molecule has 0 bridgehead atoms. The summed E-state index contributed by atoms with van der Waals surface area (Å²) in [5.41, 5.74) is 1.98. The Morgan fingerprint density at radius 1 is 1.03 bits per heavy atom. The zero-order valence-electron chi connectivity index (χ0n) is 17.5. The zero-order valence-corrected chi connectivity index (χ0v) is 17.5. The van der Waals surface area contributed by atoms with Crippen LogP contribution < -0.4 is 5.32 Å². The van der Waals surface area contributed by atoms with Gasteiger partial charge in [-0.2, -0.15) is 0 Å². The van der Waals surface area contributed by atoms with E-state index in [1.54, 1.807) is 4.90 Å². The quantitative estimate of drug-likeness (QED) is 0.659. The second-order valence-corrected chi connectivity index (χ2v) is 7.60. The van der Waals surface area contributed by atoms with Crippen LogP contribution in [0, 0.1) is 5.92 Å². The van der Waals surface area contributed by atoms with E-state index in [4.69, 9.17) is 4.74 Å². The van der Waals surface area contributed by atoms with Crippen molar-refractivity contribution in [3.05, 3.63) is 77.9 Å². The molecule has 1 heterocycles. The molecule has 1 atom stereocenters. The number of nitrogens with one attached hydrogen (secondary N) is 1. The van der Waals surface area contributed by atoms with Gasteiger partial charge in [-0.25, -0.2) is 4.79 Å². The maximum Gasteiger partial charge on any atom is 0.410 e. The first-order chi connectivity index (χ1) is 15.2. The molecule has 2 aromatic carbocycles. The van der Waals surface area contributed by atoms with E-state index in [1.165, 1.54) is 0 Å². The number of piperidine rings is 1. The predicted octanol–water partition coefficient (Wildman–Crippen LogP) is 3.82. The van der Waals surface area contributed by atoms with Gasteiger partial charge in [0.15, 0.2) is 0 Å². The molecule has 0 unspecified atom stereocenters. The van der Waals surface area contributed by atoms with Crippen molar-refractivity contribution < 1.29 is 19.1 Å². The van der Waals surface area contributed by atoms with E-state index >= 15 is 0 Å². The SMILES string of the molecule is O=C[C@H](CC=Cc1ccccc1)NC(=O)C1CCN(C(=O)OCc2ccccc2)CC1. The molecule has 0 spiro atoms. The molecule has 1 fully saturated rings. The number of ether oxygens (including phenoxy) is 1. The number of carbonyl (C=O) groups is 3. The molecule has 6 nitrogen and oxygen atoms in total. The van der Waals surface area contributed by atoms with Gasteiger partial charge in [-0.1, -0.05) is 72.8 Å². The van der Waals surface area contributed by atoms with Crippen LogP contribution in [0.1, 0.15) is 30.4 Å². The van der Waals surface area contributed by atoms with E-state index in [2.05, 4.69) is 5.32 Å². The average molecular weight is 421 g/mol. The lowest BCUT2D eigenvalue weighted by Crippen LogP contribution is -2.45. The Bertz CT molecular complexity index is 875. The van der Waals surface area contributed by atoms with E-state index in [0.717, 1.165) is 17.4 Å². The van der Waals surface area contributed by atoms with Crippen molar-refractivity contribution in [3.8, 4) is 0 Å². The lowest BCUT2D eigenvalue weighted by atomic mass is 9.95. The third-order valence-corrected chi connectivity index (χ3v) is 5.32. The van der Waals surface area contributed by atoms with Gasteiger partial charge in [0.25, 0.3) is 0 Å². The molecular formula is C25H28N2O4. The third kappa shape index (κ3) is 7.10. The van der Waals surface area contributed by atoms with Gasteiger partial charge in [0.05, 0.1) is 6.04 Å². The first-order valence-corrected chi connectivity index (χ1v) is 10.6. The molecule has 1 aliphatic rings. The van der Waals surface area contributed by atoms with E-state index < -0.39 is 6.04 Å². The molecule has 1 aliphatic heterocycles. The van der Waals surface area contributed by atoms with Crippen LogP contribution in [0.25, 0.3) is 6.08 Å². The number of rotatable bonds is 8. The summed E-state index contributed by atoms with van der Waals surface area (Å²) in [7, 11) is 0. The molecule has 1 N–H and O–H groups in total. The molecule has 0 aliphatic carbocycles. The second kappa shape index (κ2) is 11.7. The highest BCUT2D eigenvalue weighted by molar-refractivity contribution is 5.82.